The molecule has 0 aromatic rings. The zero-order chi connectivity index (χ0) is 14.0. The lowest BCUT2D eigenvalue weighted by molar-refractivity contribution is 0.0685. The fourth-order valence-corrected chi connectivity index (χ4v) is 3.18. The van der Waals surface area contributed by atoms with Crippen LogP contribution >= 0.6 is 0 Å². The summed E-state index contributed by atoms with van der Waals surface area (Å²) in [5.74, 6) is 0.787. The van der Waals surface area contributed by atoms with Gasteiger partial charge in [0.1, 0.15) is 0 Å². The molecule has 1 saturated carbocycles. The van der Waals surface area contributed by atoms with Crippen molar-refractivity contribution in [3.8, 4) is 0 Å². The molecule has 0 heterocycles. The van der Waals surface area contributed by atoms with Gasteiger partial charge in [0.05, 0.1) is 0 Å². The van der Waals surface area contributed by atoms with Crippen LogP contribution in [0.15, 0.2) is 0 Å². The van der Waals surface area contributed by atoms with Crippen LogP contribution in [-0.4, -0.2) is 37.1 Å². The van der Waals surface area contributed by atoms with Gasteiger partial charge < -0.3 is 10.2 Å². The van der Waals surface area contributed by atoms with E-state index >= 15 is 0 Å². The first-order chi connectivity index (χ1) is 8.22. The van der Waals surface area contributed by atoms with E-state index in [1.807, 2.05) is 0 Å². The third-order valence-electron chi connectivity index (χ3n) is 5.29. The Bertz CT molecular complexity index is 258. The van der Waals surface area contributed by atoms with Crippen LogP contribution in [0.25, 0.3) is 0 Å². The molecule has 0 spiro atoms. The molecule has 108 valence electrons. The summed E-state index contributed by atoms with van der Waals surface area (Å²) < 4.78 is 0. The second-order valence-corrected chi connectivity index (χ2v) is 7.61. The van der Waals surface area contributed by atoms with Gasteiger partial charge in [0.2, 0.25) is 0 Å². The number of hydrogen-bond acceptors (Lipinski definition) is 2. The van der Waals surface area contributed by atoms with Crippen LogP contribution < -0.4 is 5.32 Å². The van der Waals surface area contributed by atoms with Crippen LogP contribution in [0, 0.1) is 11.3 Å². The predicted molar refractivity (Wildman–Crippen MR) is 81.0 cm³/mol. The zero-order valence-corrected chi connectivity index (χ0v) is 13.6. The van der Waals surface area contributed by atoms with E-state index in [-0.39, 0.29) is 0 Å². The first-order valence-electron chi connectivity index (χ1n) is 7.60. The standard InChI is InChI=1S/C16H34N2/c1-8-16(4,5)18(7)12-13-11-15(2,3)10-9-14(13)17-6/h13-14,17H,8-12H2,1-7H3. The molecule has 0 aromatic heterocycles. The normalized spacial score (nSPS) is 28.7. The third-order valence-corrected chi connectivity index (χ3v) is 5.29. The highest BCUT2D eigenvalue weighted by Crippen LogP contribution is 2.39. The second-order valence-electron chi connectivity index (χ2n) is 7.61. The van der Waals surface area contributed by atoms with E-state index in [4.69, 9.17) is 0 Å². The van der Waals surface area contributed by atoms with Crippen LogP contribution in [0.3, 0.4) is 0 Å². The van der Waals surface area contributed by atoms with Crippen LogP contribution in [-0.2, 0) is 0 Å². The summed E-state index contributed by atoms with van der Waals surface area (Å²) in [5, 5.41) is 3.54. The van der Waals surface area contributed by atoms with Crippen LogP contribution in [0.4, 0.5) is 0 Å². The summed E-state index contributed by atoms with van der Waals surface area (Å²) >= 11 is 0. The van der Waals surface area contributed by atoms with Crippen molar-refractivity contribution >= 4 is 0 Å². The molecule has 0 aromatic carbocycles. The summed E-state index contributed by atoms with van der Waals surface area (Å²) in [5.41, 5.74) is 0.842. The largest absolute Gasteiger partial charge is 0.317 e. The van der Waals surface area contributed by atoms with Crippen molar-refractivity contribution < 1.29 is 0 Å². The summed E-state index contributed by atoms with van der Waals surface area (Å²) in [6, 6.07) is 0.702. The Kier molecular flexibility index (Phi) is 5.25. The fraction of sp³-hybridized carbons (Fsp3) is 1.00. The SMILES string of the molecule is CCC(C)(C)N(C)CC1CC(C)(C)CCC1NC. The van der Waals surface area contributed by atoms with Crippen molar-refractivity contribution in [1.29, 1.82) is 0 Å². The average molecular weight is 254 g/mol. The Morgan fingerprint density at radius 2 is 1.94 bits per heavy atom. The van der Waals surface area contributed by atoms with Gasteiger partial charge >= 0.3 is 0 Å². The van der Waals surface area contributed by atoms with Gasteiger partial charge in [0.15, 0.2) is 0 Å². The van der Waals surface area contributed by atoms with Crippen molar-refractivity contribution in [3.05, 3.63) is 0 Å². The number of nitrogens with zero attached hydrogens (tertiary/aromatic N) is 1. The first-order valence-corrected chi connectivity index (χ1v) is 7.60. The molecule has 0 aliphatic heterocycles. The van der Waals surface area contributed by atoms with Crippen LogP contribution in [0.2, 0.25) is 0 Å². The predicted octanol–water partition coefficient (Wildman–Crippen LogP) is 3.52. The zero-order valence-electron chi connectivity index (χ0n) is 13.6. The topological polar surface area (TPSA) is 15.3 Å². The van der Waals surface area contributed by atoms with Crippen molar-refractivity contribution in [2.45, 2.75) is 71.9 Å². The molecule has 1 aliphatic rings. The Balaban J connectivity index is 2.67. The highest BCUT2D eigenvalue weighted by Gasteiger charge is 2.36. The van der Waals surface area contributed by atoms with Gasteiger partial charge in [-0.3, -0.25) is 0 Å². The first kappa shape index (κ1) is 16.0. The van der Waals surface area contributed by atoms with E-state index in [2.05, 4.69) is 58.9 Å². The molecule has 18 heavy (non-hydrogen) atoms. The van der Waals surface area contributed by atoms with E-state index in [9.17, 15) is 0 Å². The van der Waals surface area contributed by atoms with Crippen LogP contribution in [0.5, 0.6) is 0 Å². The highest BCUT2D eigenvalue weighted by molar-refractivity contribution is 4.91. The van der Waals surface area contributed by atoms with Crippen molar-refractivity contribution in [2.24, 2.45) is 11.3 Å². The Hall–Kier alpha value is -0.0800. The van der Waals surface area contributed by atoms with E-state index < -0.39 is 0 Å². The summed E-state index contributed by atoms with van der Waals surface area (Å²) in [4.78, 5) is 2.56. The molecule has 0 saturated heterocycles. The third kappa shape index (κ3) is 3.96. The lowest BCUT2D eigenvalue weighted by Gasteiger charge is -2.45. The molecule has 1 rings (SSSR count). The van der Waals surface area contributed by atoms with Crippen molar-refractivity contribution in [1.82, 2.24) is 10.2 Å². The summed E-state index contributed by atoms with van der Waals surface area (Å²) in [7, 11) is 4.42. The smallest absolute Gasteiger partial charge is 0.0147 e. The molecular formula is C16H34N2. The van der Waals surface area contributed by atoms with Gasteiger partial charge in [0, 0.05) is 18.1 Å². The van der Waals surface area contributed by atoms with E-state index in [1.165, 1.54) is 32.2 Å². The maximum Gasteiger partial charge on any atom is 0.0147 e. The molecular weight excluding hydrogens is 220 g/mol. The minimum absolute atomic E-state index is 0.319. The quantitative estimate of drug-likeness (QED) is 0.807. The fourth-order valence-electron chi connectivity index (χ4n) is 3.18. The maximum atomic E-state index is 3.54. The van der Waals surface area contributed by atoms with Gasteiger partial charge in [-0.1, -0.05) is 20.8 Å². The molecule has 2 unspecified atom stereocenters. The number of hydrogen-bond donors (Lipinski definition) is 1. The molecule has 1 fully saturated rings. The molecule has 0 bridgehead atoms. The molecule has 0 radical (unpaired) electrons. The van der Waals surface area contributed by atoms with Crippen molar-refractivity contribution in [2.75, 3.05) is 20.6 Å². The van der Waals surface area contributed by atoms with Gasteiger partial charge in [-0.15, -0.1) is 0 Å². The Morgan fingerprint density at radius 3 is 2.44 bits per heavy atom. The maximum absolute atomic E-state index is 3.54. The molecule has 1 aliphatic carbocycles. The Morgan fingerprint density at radius 1 is 1.33 bits per heavy atom. The van der Waals surface area contributed by atoms with E-state index in [0.29, 0.717) is 17.0 Å². The number of nitrogens with one attached hydrogen (secondary N) is 1. The minimum Gasteiger partial charge on any atom is -0.317 e. The lowest BCUT2D eigenvalue weighted by Crippen LogP contribution is -2.50. The molecule has 2 atom stereocenters. The van der Waals surface area contributed by atoms with Crippen LogP contribution in [0.1, 0.15) is 60.3 Å². The van der Waals surface area contributed by atoms with Gasteiger partial charge in [-0.05, 0) is 65.0 Å². The lowest BCUT2D eigenvalue weighted by atomic mass is 9.69. The molecule has 1 N–H and O–H groups in total. The average Bonchev–Trinajstić information content (AvgIpc) is 2.28. The molecule has 2 nitrogen and oxygen atoms in total. The molecule has 2 heteroatoms. The summed E-state index contributed by atoms with van der Waals surface area (Å²) in [6.07, 6.45) is 5.25. The number of rotatable bonds is 5. The van der Waals surface area contributed by atoms with E-state index in [0.717, 1.165) is 5.92 Å². The van der Waals surface area contributed by atoms with Gasteiger partial charge in [0.25, 0.3) is 0 Å². The van der Waals surface area contributed by atoms with Crippen molar-refractivity contribution in [3.63, 3.8) is 0 Å². The Labute approximate surface area is 115 Å². The monoisotopic (exact) mass is 254 g/mol. The summed E-state index contributed by atoms with van der Waals surface area (Å²) in [6.45, 7) is 13.1. The minimum atomic E-state index is 0.319. The highest BCUT2D eigenvalue weighted by atomic mass is 15.2. The molecule has 0 amide bonds. The van der Waals surface area contributed by atoms with Gasteiger partial charge in [-0.2, -0.15) is 0 Å². The van der Waals surface area contributed by atoms with E-state index in [1.54, 1.807) is 0 Å². The second kappa shape index (κ2) is 5.92. The van der Waals surface area contributed by atoms with Gasteiger partial charge in [-0.25, -0.2) is 0 Å².